The lowest BCUT2D eigenvalue weighted by Crippen LogP contribution is -2.53. The Hall–Kier alpha value is -1.99. The summed E-state index contributed by atoms with van der Waals surface area (Å²) in [5.74, 6) is -0.614. The normalized spacial score (nSPS) is 24.4. The van der Waals surface area contributed by atoms with E-state index in [1.54, 1.807) is 18.2 Å². The van der Waals surface area contributed by atoms with Crippen molar-refractivity contribution in [3.8, 4) is 0 Å². The van der Waals surface area contributed by atoms with Gasteiger partial charge in [-0.25, -0.2) is 4.79 Å². The summed E-state index contributed by atoms with van der Waals surface area (Å²) in [4.78, 5) is 22.7. The Balaban J connectivity index is 3.18. The Morgan fingerprint density at radius 2 is 2.04 bits per heavy atom. The highest BCUT2D eigenvalue weighted by Gasteiger charge is 2.44. The van der Waals surface area contributed by atoms with Crippen LogP contribution in [0, 0.1) is 10.1 Å². The van der Waals surface area contributed by atoms with Gasteiger partial charge in [-0.15, -0.1) is 0 Å². The van der Waals surface area contributed by atoms with Crippen molar-refractivity contribution >= 4 is 5.97 Å². The van der Waals surface area contributed by atoms with Gasteiger partial charge in [-0.1, -0.05) is 32.1 Å². The van der Waals surface area contributed by atoms with Crippen LogP contribution in [0.2, 0.25) is 0 Å². The zero-order valence-corrected chi connectivity index (χ0v) is 14.6. The van der Waals surface area contributed by atoms with Crippen molar-refractivity contribution in [2.24, 2.45) is 0 Å². The zero-order valence-electron chi connectivity index (χ0n) is 14.6. The lowest BCUT2D eigenvalue weighted by atomic mass is 9.95. The maximum Gasteiger partial charge on any atom is 0.338 e. The van der Waals surface area contributed by atoms with Crippen LogP contribution in [0.1, 0.15) is 33.6 Å². The predicted octanol–water partition coefficient (Wildman–Crippen LogP) is 2.80. The van der Waals surface area contributed by atoms with Crippen molar-refractivity contribution < 1.29 is 23.9 Å². The molecule has 7 nitrogen and oxygen atoms in total. The molecule has 0 amide bonds. The van der Waals surface area contributed by atoms with Crippen LogP contribution < -0.4 is 0 Å². The van der Waals surface area contributed by atoms with Crippen LogP contribution in [0.15, 0.2) is 36.1 Å². The SMILES string of the molecule is C\C=C/C=C\C(=C\C1OC(CC)(CC)COC1C(=O)OC)[N+](=O)[O-]. The van der Waals surface area contributed by atoms with Gasteiger partial charge < -0.3 is 14.2 Å². The largest absolute Gasteiger partial charge is 0.467 e. The van der Waals surface area contributed by atoms with Crippen LogP contribution in [-0.2, 0) is 19.0 Å². The molecule has 0 spiro atoms. The number of hydrogen-bond acceptors (Lipinski definition) is 6. The molecular formula is C17H25NO6. The number of hydrogen-bond donors (Lipinski definition) is 0. The highest BCUT2D eigenvalue weighted by atomic mass is 16.6. The smallest absolute Gasteiger partial charge is 0.338 e. The Morgan fingerprint density at radius 1 is 1.38 bits per heavy atom. The van der Waals surface area contributed by atoms with E-state index in [0.29, 0.717) is 12.8 Å². The van der Waals surface area contributed by atoms with Gasteiger partial charge in [0.2, 0.25) is 0 Å². The van der Waals surface area contributed by atoms with E-state index in [1.165, 1.54) is 19.3 Å². The standard InChI is InChI=1S/C17H25NO6/c1-5-8-9-10-13(18(20)21)11-14-15(16(19)22-4)23-12-17(6-2,7-3)24-14/h5,8-11,14-15H,6-7,12H2,1-4H3/b8-5-,10-9-,13-11-. The van der Waals surface area contributed by atoms with Gasteiger partial charge in [0, 0.05) is 12.2 Å². The second kappa shape index (κ2) is 9.34. The van der Waals surface area contributed by atoms with Gasteiger partial charge in [0.1, 0.15) is 6.10 Å². The zero-order chi connectivity index (χ0) is 18.2. The number of ether oxygens (including phenoxy) is 3. The number of carbonyl (C=O) groups excluding carboxylic acids is 1. The summed E-state index contributed by atoms with van der Waals surface area (Å²) in [6.45, 7) is 5.95. The fourth-order valence-electron chi connectivity index (χ4n) is 2.39. The minimum absolute atomic E-state index is 0.168. The summed E-state index contributed by atoms with van der Waals surface area (Å²) in [5, 5.41) is 11.3. The third-order valence-corrected chi connectivity index (χ3v) is 4.05. The van der Waals surface area contributed by atoms with Crippen molar-refractivity contribution in [1.29, 1.82) is 0 Å². The predicted molar refractivity (Wildman–Crippen MR) is 89.0 cm³/mol. The van der Waals surface area contributed by atoms with E-state index in [1.807, 2.05) is 20.8 Å². The van der Waals surface area contributed by atoms with Crippen molar-refractivity contribution in [1.82, 2.24) is 0 Å². The van der Waals surface area contributed by atoms with Crippen LogP contribution >= 0.6 is 0 Å². The highest BCUT2D eigenvalue weighted by molar-refractivity contribution is 5.76. The van der Waals surface area contributed by atoms with Gasteiger partial charge in [0.05, 0.1) is 24.2 Å². The van der Waals surface area contributed by atoms with Crippen LogP contribution in [0.4, 0.5) is 0 Å². The van der Waals surface area contributed by atoms with E-state index < -0.39 is 28.7 Å². The number of carbonyl (C=O) groups is 1. The molecule has 1 rings (SSSR count). The molecule has 24 heavy (non-hydrogen) atoms. The van der Waals surface area contributed by atoms with E-state index in [4.69, 9.17) is 14.2 Å². The molecule has 1 aliphatic heterocycles. The van der Waals surface area contributed by atoms with Crippen molar-refractivity contribution in [2.45, 2.75) is 51.4 Å². The number of methoxy groups -OCH3 is 1. The third-order valence-electron chi connectivity index (χ3n) is 4.05. The molecule has 2 unspecified atom stereocenters. The first-order valence-corrected chi connectivity index (χ1v) is 7.95. The number of rotatable bonds is 7. The summed E-state index contributed by atoms with van der Waals surface area (Å²) in [5.41, 5.74) is -0.737. The van der Waals surface area contributed by atoms with E-state index in [0.717, 1.165) is 0 Å². The molecule has 1 aliphatic rings. The maximum absolute atomic E-state index is 11.9. The molecule has 1 heterocycles. The van der Waals surface area contributed by atoms with Gasteiger partial charge in [-0.05, 0) is 19.8 Å². The first-order chi connectivity index (χ1) is 11.4. The van der Waals surface area contributed by atoms with Gasteiger partial charge in [-0.2, -0.15) is 0 Å². The summed E-state index contributed by atoms with van der Waals surface area (Å²) in [6, 6.07) is 0. The molecule has 2 atom stereocenters. The third kappa shape index (κ3) is 5.01. The molecular weight excluding hydrogens is 314 g/mol. The second-order valence-electron chi connectivity index (χ2n) is 5.46. The minimum Gasteiger partial charge on any atom is -0.467 e. The molecule has 0 N–H and O–H groups in total. The Labute approximate surface area is 142 Å². The number of esters is 1. The number of nitrogens with zero attached hydrogens (tertiary/aromatic N) is 1. The molecule has 0 aromatic heterocycles. The van der Waals surface area contributed by atoms with Gasteiger partial charge in [0.25, 0.3) is 5.70 Å². The van der Waals surface area contributed by atoms with Gasteiger partial charge in [0.15, 0.2) is 6.10 Å². The molecule has 0 aliphatic carbocycles. The average Bonchev–Trinajstić information content (AvgIpc) is 2.60. The second-order valence-corrected chi connectivity index (χ2v) is 5.46. The van der Waals surface area contributed by atoms with Gasteiger partial charge >= 0.3 is 5.97 Å². The summed E-state index contributed by atoms with van der Waals surface area (Å²) in [6.07, 6.45) is 7.08. The van der Waals surface area contributed by atoms with Crippen LogP contribution in [0.5, 0.6) is 0 Å². The molecule has 134 valence electrons. The van der Waals surface area contributed by atoms with Gasteiger partial charge in [-0.3, -0.25) is 10.1 Å². The van der Waals surface area contributed by atoms with E-state index in [2.05, 4.69) is 0 Å². The van der Waals surface area contributed by atoms with Crippen molar-refractivity contribution in [3.05, 3.63) is 46.2 Å². The van der Waals surface area contributed by atoms with E-state index >= 15 is 0 Å². The van der Waals surface area contributed by atoms with Crippen LogP contribution in [-0.4, -0.2) is 42.4 Å². The minimum atomic E-state index is -1.02. The molecule has 0 radical (unpaired) electrons. The fraction of sp³-hybridized carbons (Fsp3) is 0.588. The molecule has 0 bridgehead atoms. The van der Waals surface area contributed by atoms with E-state index in [9.17, 15) is 14.9 Å². The maximum atomic E-state index is 11.9. The molecule has 0 aromatic carbocycles. The van der Waals surface area contributed by atoms with Crippen molar-refractivity contribution in [2.75, 3.05) is 13.7 Å². The summed E-state index contributed by atoms with van der Waals surface area (Å²) < 4.78 is 16.4. The lowest BCUT2D eigenvalue weighted by molar-refractivity contribution is -0.420. The lowest BCUT2D eigenvalue weighted by Gasteiger charge is -2.42. The monoisotopic (exact) mass is 339 g/mol. The Bertz CT molecular complexity index is 533. The quantitative estimate of drug-likeness (QED) is 0.307. The van der Waals surface area contributed by atoms with Crippen molar-refractivity contribution in [3.63, 3.8) is 0 Å². The molecule has 7 heteroatoms. The molecule has 0 saturated carbocycles. The first-order valence-electron chi connectivity index (χ1n) is 7.95. The van der Waals surface area contributed by atoms with E-state index in [-0.39, 0.29) is 12.3 Å². The Morgan fingerprint density at radius 3 is 2.54 bits per heavy atom. The van der Waals surface area contributed by atoms with Crippen LogP contribution in [0.25, 0.3) is 0 Å². The first kappa shape index (κ1) is 20.1. The average molecular weight is 339 g/mol. The summed E-state index contributed by atoms with van der Waals surface area (Å²) >= 11 is 0. The fourth-order valence-corrected chi connectivity index (χ4v) is 2.39. The molecule has 1 fully saturated rings. The summed E-state index contributed by atoms with van der Waals surface area (Å²) in [7, 11) is 1.24. The Kier molecular flexibility index (Phi) is 7.81. The molecule has 0 aromatic rings. The van der Waals surface area contributed by atoms with Crippen LogP contribution in [0.3, 0.4) is 0 Å². The molecule has 1 saturated heterocycles. The number of allylic oxidation sites excluding steroid dienone is 4. The highest BCUT2D eigenvalue weighted by Crippen LogP contribution is 2.31. The number of nitro groups is 1. The topological polar surface area (TPSA) is 87.9 Å².